The van der Waals surface area contributed by atoms with Crippen molar-refractivity contribution in [2.24, 2.45) is 5.92 Å². The quantitative estimate of drug-likeness (QED) is 0.778. The maximum absolute atomic E-state index is 12.0. The van der Waals surface area contributed by atoms with Crippen molar-refractivity contribution >= 4 is 12.2 Å². The van der Waals surface area contributed by atoms with Gasteiger partial charge in [0.2, 0.25) is 0 Å². The van der Waals surface area contributed by atoms with Gasteiger partial charge in [-0.15, -0.1) is 0 Å². The number of hydrogen-bond donors (Lipinski definition) is 2. The van der Waals surface area contributed by atoms with E-state index in [0.29, 0.717) is 17.7 Å². The minimum atomic E-state index is -0.551. The molecule has 0 atom stereocenters. The van der Waals surface area contributed by atoms with E-state index < -0.39 is 11.7 Å². The Bertz CT molecular complexity index is 662. The van der Waals surface area contributed by atoms with Gasteiger partial charge in [0.15, 0.2) is 0 Å². The second-order valence-corrected chi connectivity index (χ2v) is 7.94. The molecule has 1 aromatic heterocycles. The van der Waals surface area contributed by atoms with Gasteiger partial charge in [-0.1, -0.05) is 6.58 Å². The summed E-state index contributed by atoms with van der Waals surface area (Å²) in [4.78, 5) is 12.0. The Morgan fingerprint density at radius 2 is 2.08 bits per heavy atom. The molecule has 0 radical (unpaired) electrons. The van der Waals surface area contributed by atoms with Crippen LogP contribution in [0.25, 0.3) is 6.08 Å². The van der Waals surface area contributed by atoms with Crippen molar-refractivity contribution in [2.75, 3.05) is 6.61 Å². The predicted molar refractivity (Wildman–Crippen MR) is 103 cm³/mol. The van der Waals surface area contributed by atoms with Gasteiger partial charge >= 0.3 is 6.09 Å². The number of amides is 1. The summed E-state index contributed by atoms with van der Waals surface area (Å²) in [6.07, 6.45) is 9.07. The number of aliphatic hydroxyl groups is 1. The number of ether oxygens (including phenoxy) is 1. The summed E-state index contributed by atoms with van der Waals surface area (Å²) in [5, 5.41) is 16.6. The van der Waals surface area contributed by atoms with Crippen LogP contribution in [-0.2, 0) is 4.74 Å². The number of allylic oxidation sites excluding steroid dienone is 1. The fourth-order valence-corrected chi connectivity index (χ4v) is 3.15. The minimum Gasteiger partial charge on any atom is -0.444 e. The number of nitrogens with zero attached hydrogens (tertiary/aromatic N) is 2. The van der Waals surface area contributed by atoms with Crippen LogP contribution >= 0.6 is 0 Å². The monoisotopic (exact) mass is 361 g/mol. The summed E-state index contributed by atoms with van der Waals surface area (Å²) in [6, 6.07) is 0.365. The van der Waals surface area contributed by atoms with E-state index in [1.807, 2.05) is 44.6 Å². The van der Waals surface area contributed by atoms with Crippen LogP contribution in [0.2, 0.25) is 0 Å². The van der Waals surface area contributed by atoms with Crippen molar-refractivity contribution in [1.82, 2.24) is 15.1 Å². The van der Waals surface area contributed by atoms with Crippen LogP contribution in [0.15, 0.2) is 24.5 Å². The normalized spacial score (nSPS) is 21.3. The minimum absolute atomic E-state index is 0.276. The zero-order chi connectivity index (χ0) is 19.3. The standard InChI is InChI=1S/C20H31N3O3/c1-6-17(21-19(25)26-20(3,4)5)11-16-12-23(22-14(16)2)18-9-7-15(13-24)8-10-18/h6,11-12,15,18,24H,1,7-10,13H2,2-5H3,(H,21,25)/b17-11+. The predicted octanol–water partition coefficient (Wildman–Crippen LogP) is 3.97. The SMILES string of the molecule is C=C/C(=C\c1cn(C2CCC(CO)CC2)nc1C)NC(=O)OC(C)(C)C. The number of nitrogens with one attached hydrogen (secondary N) is 1. The molecule has 0 aromatic carbocycles. The fraction of sp³-hybridized carbons (Fsp3) is 0.600. The fourth-order valence-electron chi connectivity index (χ4n) is 3.15. The van der Waals surface area contributed by atoms with Gasteiger partial charge in [-0.3, -0.25) is 10.00 Å². The highest BCUT2D eigenvalue weighted by Gasteiger charge is 2.23. The number of hydrogen-bond acceptors (Lipinski definition) is 4. The molecule has 0 aliphatic heterocycles. The lowest BCUT2D eigenvalue weighted by Gasteiger charge is -2.27. The number of carbonyl (C=O) groups is 1. The lowest BCUT2D eigenvalue weighted by atomic mass is 9.87. The molecular formula is C20H31N3O3. The molecule has 2 rings (SSSR count). The van der Waals surface area contributed by atoms with E-state index in [9.17, 15) is 9.90 Å². The molecule has 144 valence electrons. The van der Waals surface area contributed by atoms with Crippen LogP contribution < -0.4 is 5.32 Å². The first kappa shape index (κ1) is 20.2. The summed E-state index contributed by atoms with van der Waals surface area (Å²) in [5.41, 5.74) is 1.87. The van der Waals surface area contributed by atoms with Crippen LogP contribution in [0.5, 0.6) is 0 Å². The van der Waals surface area contributed by atoms with Gasteiger partial charge in [0, 0.05) is 24.1 Å². The molecular weight excluding hydrogens is 330 g/mol. The maximum Gasteiger partial charge on any atom is 0.412 e. The Morgan fingerprint density at radius 3 is 2.62 bits per heavy atom. The molecule has 2 N–H and O–H groups in total. The molecule has 26 heavy (non-hydrogen) atoms. The zero-order valence-corrected chi connectivity index (χ0v) is 16.3. The third kappa shape index (κ3) is 5.73. The molecule has 0 saturated heterocycles. The summed E-state index contributed by atoms with van der Waals surface area (Å²) >= 11 is 0. The van der Waals surface area contributed by atoms with Gasteiger partial charge in [-0.05, 0) is 71.4 Å². The molecule has 1 aliphatic rings. The Balaban J connectivity index is 2.08. The lowest BCUT2D eigenvalue weighted by Crippen LogP contribution is -2.31. The molecule has 0 bridgehead atoms. The van der Waals surface area contributed by atoms with Crippen molar-refractivity contribution in [3.8, 4) is 0 Å². The van der Waals surface area contributed by atoms with Crippen molar-refractivity contribution in [2.45, 2.75) is 65.0 Å². The summed E-state index contributed by atoms with van der Waals surface area (Å²) in [6.45, 7) is 11.5. The van der Waals surface area contributed by atoms with Crippen molar-refractivity contribution in [1.29, 1.82) is 0 Å². The van der Waals surface area contributed by atoms with Gasteiger partial charge in [-0.2, -0.15) is 5.10 Å². The van der Waals surface area contributed by atoms with Crippen molar-refractivity contribution in [3.63, 3.8) is 0 Å². The summed E-state index contributed by atoms with van der Waals surface area (Å²) in [7, 11) is 0. The first-order chi connectivity index (χ1) is 12.2. The average molecular weight is 361 g/mol. The largest absolute Gasteiger partial charge is 0.444 e. The van der Waals surface area contributed by atoms with Gasteiger partial charge in [0.25, 0.3) is 0 Å². The Kier molecular flexibility index (Phi) is 6.64. The lowest BCUT2D eigenvalue weighted by molar-refractivity contribution is 0.0548. The molecule has 6 heteroatoms. The Morgan fingerprint density at radius 1 is 1.42 bits per heavy atom. The van der Waals surface area contributed by atoms with Crippen molar-refractivity contribution < 1.29 is 14.6 Å². The van der Waals surface area contributed by atoms with E-state index in [0.717, 1.165) is 36.9 Å². The number of alkyl carbamates (subject to hydrolysis) is 1. The van der Waals surface area contributed by atoms with Crippen LogP contribution in [0, 0.1) is 12.8 Å². The molecule has 1 aliphatic carbocycles. The third-order valence-electron chi connectivity index (χ3n) is 4.58. The first-order valence-corrected chi connectivity index (χ1v) is 9.22. The van der Waals surface area contributed by atoms with Gasteiger partial charge in [-0.25, -0.2) is 4.79 Å². The van der Waals surface area contributed by atoms with E-state index in [1.165, 1.54) is 0 Å². The summed E-state index contributed by atoms with van der Waals surface area (Å²) < 4.78 is 7.30. The highest BCUT2D eigenvalue weighted by atomic mass is 16.6. The molecule has 1 saturated carbocycles. The Hall–Kier alpha value is -2.08. The molecule has 0 spiro atoms. The summed E-state index contributed by atoms with van der Waals surface area (Å²) in [5.74, 6) is 0.424. The number of aryl methyl sites for hydroxylation is 1. The molecule has 1 aromatic rings. The number of carbonyl (C=O) groups excluding carboxylic acids is 1. The van der Waals surface area contributed by atoms with Gasteiger partial charge in [0.05, 0.1) is 11.7 Å². The average Bonchev–Trinajstić information content (AvgIpc) is 2.93. The van der Waals surface area contributed by atoms with Gasteiger partial charge < -0.3 is 9.84 Å². The number of aromatic nitrogens is 2. The van der Waals surface area contributed by atoms with Gasteiger partial charge in [0.1, 0.15) is 5.60 Å². The first-order valence-electron chi connectivity index (χ1n) is 9.22. The highest BCUT2D eigenvalue weighted by molar-refractivity contribution is 5.73. The second kappa shape index (κ2) is 8.54. The molecule has 1 fully saturated rings. The molecule has 6 nitrogen and oxygen atoms in total. The van der Waals surface area contributed by atoms with E-state index in [1.54, 1.807) is 6.08 Å². The van der Waals surface area contributed by atoms with E-state index in [2.05, 4.69) is 17.0 Å². The second-order valence-electron chi connectivity index (χ2n) is 7.94. The van der Waals surface area contributed by atoms with E-state index >= 15 is 0 Å². The van der Waals surface area contributed by atoms with Crippen LogP contribution in [-0.4, -0.2) is 33.2 Å². The number of rotatable bonds is 5. The third-order valence-corrected chi connectivity index (χ3v) is 4.58. The smallest absolute Gasteiger partial charge is 0.412 e. The maximum atomic E-state index is 12.0. The number of aliphatic hydroxyl groups excluding tert-OH is 1. The van der Waals surface area contributed by atoms with E-state index in [4.69, 9.17) is 4.74 Å². The molecule has 1 amide bonds. The van der Waals surface area contributed by atoms with Crippen LogP contribution in [0.1, 0.15) is 63.8 Å². The van der Waals surface area contributed by atoms with Crippen molar-refractivity contribution in [3.05, 3.63) is 35.8 Å². The van der Waals surface area contributed by atoms with Crippen LogP contribution in [0.4, 0.5) is 4.79 Å². The molecule has 1 heterocycles. The van der Waals surface area contributed by atoms with E-state index in [-0.39, 0.29) is 6.61 Å². The Labute approximate surface area is 155 Å². The van der Waals surface area contributed by atoms with Crippen LogP contribution in [0.3, 0.4) is 0 Å². The highest BCUT2D eigenvalue weighted by Crippen LogP contribution is 2.32. The molecule has 0 unspecified atom stereocenters. The zero-order valence-electron chi connectivity index (χ0n) is 16.3. The topological polar surface area (TPSA) is 76.4 Å².